The largest absolute Gasteiger partial charge is 0.465 e. The van der Waals surface area contributed by atoms with Gasteiger partial charge in [0.25, 0.3) is 0 Å². The zero-order valence-electron chi connectivity index (χ0n) is 7.46. The van der Waals surface area contributed by atoms with E-state index < -0.39 is 0 Å². The highest BCUT2D eigenvalue weighted by atomic mass is 19.1. The lowest BCUT2D eigenvalue weighted by Crippen LogP contribution is -1.85. The van der Waals surface area contributed by atoms with Gasteiger partial charge in [0.05, 0.1) is 6.26 Å². The van der Waals surface area contributed by atoms with Crippen molar-refractivity contribution in [2.75, 3.05) is 0 Å². The van der Waals surface area contributed by atoms with E-state index in [0.717, 1.165) is 5.56 Å². The Labute approximate surface area is 77.2 Å². The van der Waals surface area contributed by atoms with Crippen molar-refractivity contribution in [3.63, 3.8) is 0 Å². The molecule has 0 aliphatic rings. The van der Waals surface area contributed by atoms with Crippen LogP contribution in [0.1, 0.15) is 12.5 Å². The highest BCUT2D eigenvalue weighted by molar-refractivity contribution is 5.59. The second kappa shape index (κ2) is 4.45. The molecule has 0 heterocycles. The molecule has 0 aliphatic carbocycles. The maximum Gasteiger partial charge on any atom is 0.129 e. The van der Waals surface area contributed by atoms with Gasteiger partial charge in [-0.25, -0.2) is 4.39 Å². The lowest BCUT2D eigenvalue weighted by molar-refractivity contribution is 0.438. The fourth-order valence-corrected chi connectivity index (χ4v) is 1.01. The molecule has 0 bridgehead atoms. The summed E-state index contributed by atoms with van der Waals surface area (Å²) in [7, 11) is 0. The van der Waals surface area contributed by atoms with Crippen molar-refractivity contribution in [3.05, 3.63) is 54.6 Å². The molecule has 0 N–H and O–H groups in total. The minimum absolute atomic E-state index is 0.252. The molecular formula is C11H11FO. The molecule has 1 rings (SSSR count). The smallest absolute Gasteiger partial charge is 0.129 e. The Morgan fingerprint density at radius 3 is 2.46 bits per heavy atom. The Balaban J connectivity index is 2.92. The summed E-state index contributed by atoms with van der Waals surface area (Å²) in [5.41, 5.74) is 0.837. The molecule has 0 aromatic heterocycles. The third-order valence-electron chi connectivity index (χ3n) is 1.60. The molecule has 0 atom stereocenters. The van der Waals surface area contributed by atoms with E-state index >= 15 is 0 Å². The van der Waals surface area contributed by atoms with Crippen molar-refractivity contribution in [1.29, 1.82) is 0 Å². The molecule has 1 aromatic rings. The minimum Gasteiger partial charge on any atom is -0.465 e. The summed E-state index contributed by atoms with van der Waals surface area (Å²) in [6.45, 7) is 5.30. The average molecular weight is 178 g/mol. The fraction of sp³-hybridized carbons (Fsp3) is 0.0909. The molecule has 1 aromatic carbocycles. The maximum atomic E-state index is 12.6. The van der Waals surface area contributed by atoms with Crippen LogP contribution in [0.25, 0.3) is 5.76 Å². The van der Waals surface area contributed by atoms with Gasteiger partial charge in [-0.05, 0) is 37.3 Å². The zero-order valence-corrected chi connectivity index (χ0v) is 7.46. The second-order valence-electron chi connectivity index (χ2n) is 2.44. The van der Waals surface area contributed by atoms with Crippen molar-refractivity contribution in [3.8, 4) is 0 Å². The quantitative estimate of drug-likeness (QED) is 0.645. The summed E-state index contributed by atoms with van der Waals surface area (Å²) in [4.78, 5) is 0. The van der Waals surface area contributed by atoms with Crippen LogP contribution in [0.2, 0.25) is 0 Å². The van der Waals surface area contributed by atoms with Gasteiger partial charge >= 0.3 is 0 Å². The monoisotopic (exact) mass is 178 g/mol. The highest BCUT2D eigenvalue weighted by Gasteiger charge is 1.99. The summed E-state index contributed by atoms with van der Waals surface area (Å²) in [5.74, 6) is 0.424. The summed E-state index contributed by atoms with van der Waals surface area (Å²) >= 11 is 0. The standard InChI is InChI=1S/C11H11FO/c1-3-11(13-4-2)9-5-7-10(12)8-6-9/h3-8H,2H2,1H3/b11-3-. The van der Waals surface area contributed by atoms with Gasteiger partial charge in [0.1, 0.15) is 11.6 Å². The van der Waals surface area contributed by atoms with Crippen LogP contribution in [0.3, 0.4) is 0 Å². The number of hydrogen-bond acceptors (Lipinski definition) is 1. The summed E-state index contributed by atoms with van der Waals surface area (Å²) in [5, 5.41) is 0. The first-order valence-electron chi connectivity index (χ1n) is 3.97. The molecule has 0 fully saturated rings. The van der Waals surface area contributed by atoms with Gasteiger partial charge in [-0.2, -0.15) is 0 Å². The summed E-state index contributed by atoms with van der Waals surface area (Å²) < 4.78 is 17.7. The molecule has 0 aliphatic heterocycles. The second-order valence-corrected chi connectivity index (χ2v) is 2.44. The third kappa shape index (κ3) is 2.44. The van der Waals surface area contributed by atoms with E-state index in [2.05, 4.69) is 6.58 Å². The van der Waals surface area contributed by atoms with Crippen LogP contribution in [-0.2, 0) is 4.74 Å². The summed E-state index contributed by atoms with van der Waals surface area (Å²) in [6.07, 6.45) is 3.15. The highest BCUT2D eigenvalue weighted by Crippen LogP contribution is 2.16. The first-order valence-corrected chi connectivity index (χ1v) is 3.97. The lowest BCUT2D eigenvalue weighted by atomic mass is 10.2. The van der Waals surface area contributed by atoms with Crippen LogP contribution in [0, 0.1) is 5.82 Å². The lowest BCUT2D eigenvalue weighted by Gasteiger charge is -2.04. The Kier molecular flexibility index (Phi) is 3.26. The summed E-state index contributed by atoms with van der Waals surface area (Å²) in [6, 6.07) is 6.11. The van der Waals surface area contributed by atoms with Gasteiger partial charge in [-0.1, -0.05) is 6.58 Å². The van der Waals surface area contributed by atoms with Crippen molar-refractivity contribution in [1.82, 2.24) is 0 Å². The van der Waals surface area contributed by atoms with Gasteiger partial charge in [0, 0.05) is 5.56 Å². The maximum absolute atomic E-state index is 12.6. The molecule has 68 valence electrons. The molecule has 2 heteroatoms. The molecule has 0 radical (unpaired) electrons. The topological polar surface area (TPSA) is 9.23 Å². The molecule has 0 spiro atoms. The Morgan fingerprint density at radius 1 is 1.38 bits per heavy atom. The van der Waals surface area contributed by atoms with Gasteiger partial charge in [0.2, 0.25) is 0 Å². The predicted molar refractivity (Wildman–Crippen MR) is 51.3 cm³/mol. The van der Waals surface area contributed by atoms with E-state index in [0.29, 0.717) is 5.76 Å². The molecule has 0 amide bonds. The fourth-order valence-electron chi connectivity index (χ4n) is 1.01. The number of rotatable bonds is 3. The average Bonchev–Trinajstić information content (AvgIpc) is 2.16. The Morgan fingerprint density at radius 2 is 2.00 bits per heavy atom. The van der Waals surface area contributed by atoms with E-state index in [4.69, 9.17) is 4.74 Å². The first-order chi connectivity index (χ1) is 6.27. The number of ether oxygens (including phenoxy) is 1. The molecule has 13 heavy (non-hydrogen) atoms. The molecule has 0 saturated heterocycles. The first kappa shape index (κ1) is 9.52. The predicted octanol–water partition coefficient (Wildman–Crippen LogP) is 3.35. The van der Waals surface area contributed by atoms with Gasteiger partial charge in [0.15, 0.2) is 0 Å². The van der Waals surface area contributed by atoms with Crippen molar-refractivity contribution in [2.45, 2.75) is 6.92 Å². The van der Waals surface area contributed by atoms with E-state index in [-0.39, 0.29) is 5.82 Å². The van der Waals surface area contributed by atoms with E-state index in [9.17, 15) is 4.39 Å². The Bertz CT molecular complexity index is 311. The van der Waals surface area contributed by atoms with Crippen LogP contribution >= 0.6 is 0 Å². The SMILES string of the molecule is C=CO/C(=C\C)c1ccc(F)cc1. The van der Waals surface area contributed by atoms with Crippen molar-refractivity contribution < 1.29 is 9.13 Å². The van der Waals surface area contributed by atoms with Gasteiger partial charge in [-0.3, -0.25) is 0 Å². The van der Waals surface area contributed by atoms with Crippen LogP contribution in [-0.4, -0.2) is 0 Å². The number of hydrogen-bond donors (Lipinski definition) is 0. The van der Waals surface area contributed by atoms with Crippen molar-refractivity contribution >= 4 is 5.76 Å². The van der Waals surface area contributed by atoms with E-state index in [1.165, 1.54) is 18.4 Å². The number of allylic oxidation sites excluding steroid dienone is 1. The minimum atomic E-state index is -0.252. The van der Waals surface area contributed by atoms with Crippen LogP contribution in [0.15, 0.2) is 43.2 Å². The number of benzene rings is 1. The molecule has 0 unspecified atom stereocenters. The number of halogens is 1. The van der Waals surface area contributed by atoms with Gasteiger partial charge < -0.3 is 4.74 Å². The normalized spacial score (nSPS) is 11.1. The van der Waals surface area contributed by atoms with Crippen LogP contribution in [0.4, 0.5) is 4.39 Å². The molecule has 0 saturated carbocycles. The van der Waals surface area contributed by atoms with E-state index in [1.807, 2.05) is 6.92 Å². The van der Waals surface area contributed by atoms with Gasteiger partial charge in [-0.15, -0.1) is 0 Å². The van der Waals surface area contributed by atoms with Crippen LogP contribution in [0.5, 0.6) is 0 Å². The Hall–Kier alpha value is -1.57. The third-order valence-corrected chi connectivity index (χ3v) is 1.60. The van der Waals surface area contributed by atoms with Crippen molar-refractivity contribution in [2.24, 2.45) is 0 Å². The zero-order chi connectivity index (χ0) is 9.68. The van der Waals surface area contributed by atoms with Crippen LogP contribution < -0.4 is 0 Å². The molecule has 1 nitrogen and oxygen atoms in total. The van der Waals surface area contributed by atoms with E-state index in [1.54, 1.807) is 18.2 Å². The molecular weight excluding hydrogens is 167 g/mol.